The van der Waals surface area contributed by atoms with Gasteiger partial charge in [0.1, 0.15) is 6.04 Å². The van der Waals surface area contributed by atoms with E-state index < -0.39 is 6.04 Å². The predicted molar refractivity (Wildman–Crippen MR) is 118 cm³/mol. The van der Waals surface area contributed by atoms with Crippen molar-refractivity contribution in [3.8, 4) is 0 Å². The van der Waals surface area contributed by atoms with Crippen LogP contribution < -0.4 is 10.0 Å². The van der Waals surface area contributed by atoms with E-state index in [-0.39, 0.29) is 29.6 Å². The lowest BCUT2D eigenvalue weighted by Crippen LogP contribution is -2.52. The Morgan fingerprint density at radius 3 is 2.60 bits per heavy atom. The molecule has 2 aliphatic rings. The zero-order valence-electron chi connectivity index (χ0n) is 17.3. The van der Waals surface area contributed by atoms with E-state index in [1.807, 2.05) is 5.38 Å². The lowest BCUT2D eigenvalue weighted by Gasteiger charge is -2.29. The van der Waals surface area contributed by atoms with E-state index in [2.05, 4.69) is 55.1 Å². The molecule has 1 saturated heterocycles. The number of amides is 3. The summed E-state index contributed by atoms with van der Waals surface area (Å²) in [5, 5.41) is 4.22. The van der Waals surface area contributed by atoms with E-state index >= 15 is 0 Å². The summed E-state index contributed by atoms with van der Waals surface area (Å²) in [5.74, 6) is -0.760. The summed E-state index contributed by atoms with van der Waals surface area (Å²) in [4.78, 5) is 40.2. The Hall–Kier alpha value is -2.16. The highest BCUT2D eigenvalue weighted by atomic mass is 32.2. The van der Waals surface area contributed by atoms with Crippen LogP contribution in [0.25, 0.3) is 0 Å². The van der Waals surface area contributed by atoms with Crippen LogP contribution in [0.15, 0.2) is 34.5 Å². The summed E-state index contributed by atoms with van der Waals surface area (Å²) in [6, 6.07) is 7.98. The van der Waals surface area contributed by atoms with Crippen molar-refractivity contribution in [1.29, 1.82) is 0 Å². The summed E-state index contributed by atoms with van der Waals surface area (Å²) in [7, 11) is 0. The molecule has 1 atom stereocenters. The van der Waals surface area contributed by atoms with Crippen molar-refractivity contribution < 1.29 is 14.4 Å². The first-order valence-corrected chi connectivity index (χ1v) is 11.7. The molecule has 158 valence electrons. The second kappa shape index (κ2) is 8.17. The molecule has 0 radical (unpaired) electrons. The molecule has 2 N–H and O–H groups in total. The van der Waals surface area contributed by atoms with Gasteiger partial charge in [-0.3, -0.25) is 24.4 Å². The van der Waals surface area contributed by atoms with Crippen LogP contribution in [0, 0.1) is 0 Å². The molecule has 1 fully saturated rings. The van der Waals surface area contributed by atoms with Crippen LogP contribution in [-0.2, 0) is 28.1 Å². The van der Waals surface area contributed by atoms with Gasteiger partial charge in [-0.2, -0.15) is 0 Å². The third-order valence-electron chi connectivity index (χ3n) is 5.53. The summed E-state index contributed by atoms with van der Waals surface area (Å²) >= 11 is 3.14. The monoisotopic (exact) mass is 443 g/mol. The van der Waals surface area contributed by atoms with Gasteiger partial charge in [0.05, 0.1) is 5.56 Å². The number of benzene rings is 1. The highest BCUT2D eigenvalue weighted by molar-refractivity contribution is 7.97. The maximum absolute atomic E-state index is 12.8. The highest BCUT2D eigenvalue weighted by Gasteiger charge is 2.40. The minimum Gasteiger partial charge on any atom is -0.322 e. The van der Waals surface area contributed by atoms with E-state index in [0.717, 1.165) is 15.3 Å². The van der Waals surface area contributed by atoms with E-state index in [4.69, 9.17) is 0 Å². The smallest absolute Gasteiger partial charge is 0.256 e. The molecule has 1 unspecified atom stereocenters. The topological polar surface area (TPSA) is 78.5 Å². The molecule has 0 spiro atoms. The van der Waals surface area contributed by atoms with Crippen LogP contribution >= 0.6 is 23.3 Å². The zero-order valence-corrected chi connectivity index (χ0v) is 18.9. The largest absolute Gasteiger partial charge is 0.322 e. The van der Waals surface area contributed by atoms with Crippen molar-refractivity contribution in [2.24, 2.45) is 0 Å². The van der Waals surface area contributed by atoms with Crippen LogP contribution in [0.2, 0.25) is 0 Å². The molecule has 0 aliphatic carbocycles. The second-order valence-corrected chi connectivity index (χ2v) is 10.6. The molecule has 4 rings (SSSR count). The van der Waals surface area contributed by atoms with Crippen molar-refractivity contribution in [3.05, 3.63) is 51.2 Å². The summed E-state index contributed by atoms with van der Waals surface area (Å²) < 4.78 is 3.39. The fraction of sp³-hybridized carbons (Fsp3) is 0.409. The molecule has 1 aromatic carbocycles. The molecule has 6 nitrogen and oxygen atoms in total. The molecule has 2 aliphatic heterocycles. The zero-order chi connectivity index (χ0) is 21.5. The molecule has 3 heterocycles. The van der Waals surface area contributed by atoms with Crippen molar-refractivity contribution in [2.45, 2.75) is 63.1 Å². The average molecular weight is 444 g/mol. The molecule has 30 heavy (non-hydrogen) atoms. The van der Waals surface area contributed by atoms with Gasteiger partial charge in [-0.15, -0.1) is 11.3 Å². The predicted octanol–water partition coefficient (Wildman–Crippen LogP) is 3.60. The van der Waals surface area contributed by atoms with Gasteiger partial charge >= 0.3 is 0 Å². The maximum Gasteiger partial charge on any atom is 0.256 e. The number of nitrogens with zero attached hydrogens (tertiary/aromatic N) is 1. The van der Waals surface area contributed by atoms with Crippen molar-refractivity contribution in [3.63, 3.8) is 0 Å². The second-order valence-electron chi connectivity index (χ2n) is 8.65. The van der Waals surface area contributed by atoms with Gasteiger partial charge in [0, 0.05) is 34.7 Å². The third kappa shape index (κ3) is 4.17. The summed E-state index contributed by atoms with van der Waals surface area (Å²) in [5.41, 5.74) is 3.11. The lowest BCUT2D eigenvalue weighted by atomic mass is 9.87. The Bertz CT molecular complexity index is 992. The first-order chi connectivity index (χ1) is 14.2. The number of fused-ring (bicyclic) bond motifs is 1. The van der Waals surface area contributed by atoms with Crippen molar-refractivity contribution >= 4 is 41.0 Å². The van der Waals surface area contributed by atoms with Crippen molar-refractivity contribution in [2.75, 3.05) is 0 Å². The summed E-state index contributed by atoms with van der Waals surface area (Å²) in [6.45, 7) is 7.66. The standard InChI is InChI=1S/C22H25N3O3S2/c1-22(2,3)13-4-6-14(7-5-13)30-23-10-18-15-11-25(21(28)16(15)12-29-18)17-8-9-19(26)24-20(17)27/h4-7,12,17,23H,8-11H2,1-3H3,(H,24,26,27). The number of nitrogens with one attached hydrogen (secondary N) is 2. The summed E-state index contributed by atoms with van der Waals surface area (Å²) in [6.07, 6.45) is 0.657. The minimum atomic E-state index is -0.566. The molecule has 3 amide bonds. The number of carbonyl (C=O) groups excluding carboxylic acids is 3. The molecular formula is C22H25N3O3S2. The minimum absolute atomic E-state index is 0.118. The van der Waals surface area contributed by atoms with Gasteiger partial charge in [0.25, 0.3) is 5.91 Å². The quantitative estimate of drug-likeness (QED) is 0.545. The first kappa shape index (κ1) is 21.1. The molecule has 8 heteroatoms. The maximum atomic E-state index is 12.8. The number of hydrogen-bond donors (Lipinski definition) is 2. The fourth-order valence-corrected chi connectivity index (χ4v) is 5.48. The van der Waals surface area contributed by atoms with Gasteiger partial charge in [0.2, 0.25) is 11.8 Å². The number of rotatable bonds is 5. The van der Waals surface area contributed by atoms with Gasteiger partial charge < -0.3 is 4.90 Å². The Kier molecular flexibility index (Phi) is 5.74. The highest BCUT2D eigenvalue weighted by Crippen LogP contribution is 2.34. The number of imide groups is 1. The Labute approximate surface area is 184 Å². The Morgan fingerprint density at radius 1 is 1.20 bits per heavy atom. The third-order valence-corrected chi connectivity index (χ3v) is 7.36. The van der Waals surface area contributed by atoms with Gasteiger partial charge in [-0.1, -0.05) is 32.9 Å². The average Bonchev–Trinajstić information content (AvgIpc) is 3.22. The van der Waals surface area contributed by atoms with Crippen molar-refractivity contribution in [1.82, 2.24) is 14.9 Å². The van der Waals surface area contributed by atoms with Gasteiger partial charge in [-0.05, 0) is 47.0 Å². The van der Waals surface area contributed by atoms with E-state index in [9.17, 15) is 14.4 Å². The first-order valence-electron chi connectivity index (χ1n) is 9.98. The lowest BCUT2D eigenvalue weighted by molar-refractivity contribution is -0.136. The number of hydrogen-bond acceptors (Lipinski definition) is 6. The van der Waals surface area contributed by atoms with Crippen LogP contribution in [0.4, 0.5) is 0 Å². The number of thiophene rings is 1. The van der Waals surface area contributed by atoms with E-state index in [1.54, 1.807) is 28.2 Å². The van der Waals surface area contributed by atoms with Crippen LogP contribution in [0.5, 0.6) is 0 Å². The van der Waals surface area contributed by atoms with Crippen LogP contribution in [0.3, 0.4) is 0 Å². The SMILES string of the molecule is CC(C)(C)c1ccc(SNCc2scc3c2CN(C2CCC(=O)NC2=O)C3=O)cc1. The van der Waals surface area contributed by atoms with E-state index in [1.165, 1.54) is 5.56 Å². The van der Waals surface area contributed by atoms with Crippen LogP contribution in [-0.4, -0.2) is 28.7 Å². The number of carbonyl (C=O) groups is 3. The van der Waals surface area contributed by atoms with Crippen LogP contribution in [0.1, 0.15) is 60.0 Å². The molecule has 0 bridgehead atoms. The Balaban J connectivity index is 1.37. The Morgan fingerprint density at radius 2 is 1.93 bits per heavy atom. The number of piperidine rings is 1. The molecule has 2 aromatic rings. The normalized spacial score (nSPS) is 19.2. The van der Waals surface area contributed by atoms with Gasteiger partial charge in [0.15, 0.2) is 0 Å². The van der Waals surface area contributed by atoms with E-state index in [0.29, 0.717) is 25.1 Å². The molecule has 1 aromatic heterocycles. The van der Waals surface area contributed by atoms with Gasteiger partial charge in [-0.25, -0.2) is 0 Å². The molecular weight excluding hydrogens is 418 g/mol. The molecule has 0 saturated carbocycles. The fourth-order valence-electron chi connectivity index (χ4n) is 3.76.